The molecule has 6 nitrogen and oxygen atoms in total. The van der Waals surface area contributed by atoms with Crippen LogP contribution in [0.15, 0.2) is 41.8 Å². The number of aryl methyl sites for hydroxylation is 2. The molecule has 0 bridgehead atoms. The summed E-state index contributed by atoms with van der Waals surface area (Å²) in [6.45, 7) is 5.54. The van der Waals surface area contributed by atoms with Gasteiger partial charge < -0.3 is 4.90 Å². The minimum atomic E-state index is 0.119. The van der Waals surface area contributed by atoms with Gasteiger partial charge in [-0.05, 0) is 18.9 Å². The lowest BCUT2D eigenvalue weighted by Gasteiger charge is -2.22. The lowest BCUT2D eigenvalue weighted by molar-refractivity contribution is -0.129. The van der Waals surface area contributed by atoms with Gasteiger partial charge in [0.2, 0.25) is 5.91 Å². The van der Waals surface area contributed by atoms with Crippen molar-refractivity contribution in [3.8, 4) is 0 Å². The van der Waals surface area contributed by atoms with Crippen molar-refractivity contribution < 1.29 is 4.79 Å². The van der Waals surface area contributed by atoms with Crippen LogP contribution in [0.1, 0.15) is 24.5 Å². The van der Waals surface area contributed by atoms with Crippen LogP contribution >= 0.6 is 11.8 Å². The Morgan fingerprint density at radius 2 is 2.00 bits per heavy atom. The summed E-state index contributed by atoms with van der Waals surface area (Å²) in [5, 5.41) is 5.89. The maximum atomic E-state index is 12.8. The van der Waals surface area contributed by atoms with E-state index < -0.39 is 0 Å². The van der Waals surface area contributed by atoms with E-state index in [1.165, 1.54) is 23.7 Å². The summed E-state index contributed by atoms with van der Waals surface area (Å²) in [6.07, 6.45) is 4.20. The van der Waals surface area contributed by atoms with Gasteiger partial charge >= 0.3 is 0 Å². The number of nitrogens with zero attached hydrogens (tertiary/aromatic N) is 5. The first kappa shape index (κ1) is 18.4. The molecule has 0 saturated carbocycles. The van der Waals surface area contributed by atoms with Gasteiger partial charge in [-0.3, -0.25) is 9.48 Å². The molecule has 0 atom stereocenters. The molecule has 1 amide bonds. The second-order valence-electron chi connectivity index (χ2n) is 6.27. The van der Waals surface area contributed by atoms with Crippen LogP contribution < -0.4 is 0 Å². The fourth-order valence-electron chi connectivity index (χ4n) is 2.75. The molecule has 26 heavy (non-hydrogen) atoms. The van der Waals surface area contributed by atoms with Gasteiger partial charge in [0.05, 0.1) is 17.3 Å². The molecule has 0 radical (unpaired) electrons. The van der Waals surface area contributed by atoms with Crippen LogP contribution in [0.5, 0.6) is 0 Å². The number of aromatic nitrogens is 4. The Hall–Kier alpha value is -2.41. The van der Waals surface area contributed by atoms with E-state index in [0.29, 0.717) is 12.3 Å². The van der Waals surface area contributed by atoms with Gasteiger partial charge in [0.15, 0.2) is 5.65 Å². The van der Waals surface area contributed by atoms with Crippen molar-refractivity contribution in [2.75, 3.05) is 12.3 Å². The van der Waals surface area contributed by atoms with E-state index in [9.17, 15) is 4.79 Å². The average Bonchev–Trinajstić information content (AvgIpc) is 3.03. The summed E-state index contributed by atoms with van der Waals surface area (Å²) in [4.78, 5) is 23.2. The number of amides is 1. The number of thioether (sulfide) groups is 1. The molecule has 2 heterocycles. The largest absolute Gasteiger partial charge is 0.338 e. The van der Waals surface area contributed by atoms with E-state index in [1.54, 1.807) is 10.9 Å². The summed E-state index contributed by atoms with van der Waals surface area (Å²) in [5.41, 5.74) is 3.15. The number of carbonyl (C=O) groups is 1. The van der Waals surface area contributed by atoms with Gasteiger partial charge in [0.1, 0.15) is 11.4 Å². The molecular weight excluding hydrogens is 346 g/mol. The van der Waals surface area contributed by atoms with E-state index in [2.05, 4.69) is 53.2 Å². The number of fused-ring (bicyclic) bond motifs is 1. The van der Waals surface area contributed by atoms with Gasteiger partial charge in [-0.1, -0.05) is 48.5 Å². The highest BCUT2D eigenvalue weighted by molar-refractivity contribution is 8.00. The first-order chi connectivity index (χ1) is 12.6. The first-order valence-corrected chi connectivity index (χ1v) is 9.66. The fraction of sp³-hybridized carbons (Fsp3) is 0.368. The summed E-state index contributed by atoms with van der Waals surface area (Å²) < 4.78 is 1.71. The van der Waals surface area contributed by atoms with Gasteiger partial charge in [0, 0.05) is 20.1 Å². The molecule has 0 fully saturated rings. The zero-order valence-corrected chi connectivity index (χ0v) is 16.2. The smallest absolute Gasteiger partial charge is 0.233 e. The highest BCUT2D eigenvalue weighted by Gasteiger charge is 2.16. The zero-order chi connectivity index (χ0) is 18.5. The van der Waals surface area contributed by atoms with Gasteiger partial charge in [-0.2, -0.15) is 5.10 Å². The summed E-state index contributed by atoms with van der Waals surface area (Å²) in [5.74, 6) is 0.473. The molecular formula is C19H23N5OS. The molecule has 1 aromatic carbocycles. The van der Waals surface area contributed by atoms with E-state index in [0.717, 1.165) is 34.6 Å². The van der Waals surface area contributed by atoms with E-state index >= 15 is 0 Å². The molecule has 7 heteroatoms. The van der Waals surface area contributed by atoms with Crippen LogP contribution in [0.4, 0.5) is 0 Å². The molecule has 0 N–H and O–H groups in total. The normalized spacial score (nSPS) is 11.0. The zero-order valence-electron chi connectivity index (χ0n) is 15.3. The molecule has 0 spiro atoms. The number of benzene rings is 1. The van der Waals surface area contributed by atoms with Crippen LogP contribution in [0.3, 0.4) is 0 Å². The Labute approximate surface area is 157 Å². The third kappa shape index (κ3) is 4.22. The van der Waals surface area contributed by atoms with Crippen molar-refractivity contribution in [1.29, 1.82) is 0 Å². The van der Waals surface area contributed by atoms with Crippen molar-refractivity contribution in [1.82, 2.24) is 24.6 Å². The molecule has 3 aromatic rings. The van der Waals surface area contributed by atoms with Crippen molar-refractivity contribution in [3.63, 3.8) is 0 Å². The number of hydrogen-bond donors (Lipinski definition) is 0. The fourth-order valence-corrected chi connectivity index (χ4v) is 3.62. The SMILES string of the molecule is CCCN(Cc1ccc(C)cc1)C(=O)CSc1ncnc2c1cnn2C. The summed E-state index contributed by atoms with van der Waals surface area (Å²) >= 11 is 1.44. The van der Waals surface area contributed by atoms with Crippen LogP contribution in [-0.4, -0.2) is 42.9 Å². The molecule has 3 rings (SSSR count). The van der Waals surface area contributed by atoms with Gasteiger partial charge in [0.25, 0.3) is 0 Å². The molecule has 0 unspecified atom stereocenters. The number of carbonyl (C=O) groups excluding carboxylic acids is 1. The summed E-state index contributed by atoms with van der Waals surface area (Å²) in [7, 11) is 1.85. The standard InChI is InChI=1S/C19H23N5OS/c1-4-9-24(11-15-7-5-14(2)6-8-15)17(25)12-26-19-16-10-22-23(3)18(16)20-13-21-19/h5-8,10,13H,4,9,11-12H2,1-3H3. The Balaban J connectivity index is 1.68. The second kappa shape index (κ2) is 8.31. The van der Waals surface area contributed by atoms with Crippen LogP contribution in [-0.2, 0) is 18.4 Å². The number of rotatable bonds is 7. The Kier molecular flexibility index (Phi) is 5.88. The van der Waals surface area contributed by atoms with Crippen molar-refractivity contribution in [2.24, 2.45) is 7.05 Å². The van der Waals surface area contributed by atoms with Crippen molar-refractivity contribution in [2.45, 2.75) is 31.8 Å². The van der Waals surface area contributed by atoms with E-state index in [1.807, 2.05) is 11.9 Å². The average molecular weight is 369 g/mol. The predicted molar refractivity (Wildman–Crippen MR) is 104 cm³/mol. The maximum absolute atomic E-state index is 12.8. The quantitative estimate of drug-likeness (QED) is 0.473. The molecule has 2 aromatic heterocycles. The van der Waals surface area contributed by atoms with Gasteiger partial charge in [-0.25, -0.2) is 9.97 Å². The third-order valence-corrected chi connectivity index (χ3v) is 5.16. The minimum absolute atomic E-state index is 0.119. The topological polar surface area (TPSA) is 63.9 Å². The third-order valence-electron chi connectivity index (χ3n) is 4.17. The van der Waals surface area contributed by atoms with Crippen molar-refractivity contribution in [3.05, 3.63) is 47.9 Å². The maximum Gasteiger partial charge on any atom is 0.233 e. The molecule has 0 aliphatic heterocycles. The summed E-state index contributed by atoms with van der Waals surface area (Å²) in [6, 6.07) is 8.33. The lowest BCUT2D eigenvalue weighted by atomic mass is 10.1. The van der Waals surface area contributed by atoms with E-state index in [-0.39, 0.29) is 5.91 Å². The molecule has 136 valence electrons. The Bertz CT molecular complexity index is 891. The molecule has 0 aliphatic carbocycles. The van der Waals surface area contributed by atoms with Crippen LogP contribution in [0.25, 0.3) is 11.0 Å². The predicted octanol–water partition coefficient (Wildman–Crippen LogP) is 3.20. The highest BCUT2D eigenvalue weighted by Crippen LogP contribution is 2.24. The van der Waals surface area contributed by atoms with Gasteiger partial charge in [-0.15, -0.1) is 0 Å². The molecule has 0 aliphatic rings. The number of hydrogen-bond acceptors (Lipinski definition) is 5. The highest BCUT2D eigenvalue weighted by atomic mass is 32.2. The van der Waals surface area contributed by atoms with Crippen molar-refractivity contribution >= 4 is 28.7 Å². The molecule has 0 saturated heterocycles. The monoisotopic (exact) mass is 369 g/mol. The second-order valence-corrected chi connectivity index (χ2v) is 7.24. The van der Waals surface area contributed by atoms with Crippen LogP contribution in [0.2, 0.25) is 0 Å². The van der Waals surface area contributed by atoms with Crippen LogP contribution in [0, 0.1) is 6.92 Å². The van der Waals surface area contributed by atoms with E-state index in [4.69, 9.17) is 0 Å². The minimum Gasteiger partial charge on any atom is -0.338 e. The first-order valence-electron chi connectivity index (χ1n) is 8.67. The Morgan fingerprint density at radius 1 is 1.23 bits per heavy atom. The lowest BCUT2D eigenvalue weighted by Crippen LogP contribution is -2.32. The Morgan fingerprint density at radius 3 is 2.73 bits per heavy atom.